The molecule has 0 saturated carbocycles. The molecule has 0 aromatic heterocycles. The molecule has 0 rings (SSSR count). The lowest BCUT2D eigenvalue weighted by Crippen LogP contribution is -3.00. The number of ether oxygens (including phenoxy) is 2. The molecule has 5 heteroatoms. The van der Waals surface area contributed by atoms with Gasteiger partial charge in [-0.25, -0.2) is 4.79 Å². The maximum atomic E-state index is 10.8. The molecule has 0 aliphatic rings. The van der Waals surface area contributed by atoms with Crippen molar-refractivity contribution in [3.63, 3.8) is 0 Å². The van der Waals surface area contributed by atoms with Crippen molar-refractivity contribution in [3.05, 3.63) is 0 Å². The molecular formula is C10H23ClNO3-. The zero-order chi connectivity index (χ0) is 10.1. The van der Waals surface area contributed by atoms with Crippen LogP contribution in [0, 0.1) is 5.92 Å². The highest BCUT2D eigenvalue weighted by molar-refractivity contribution is 5.59. The van der Waals surface area contributed by atoms with Gasteiger partial charge in [0, 0.05) is 0 Å². The Balaban J connectivity index is -0.000000720. The fraction of sp³-hybridized carbons (Fsp3) is 0.900. The Labute approximate surface area is 99.1 Å². The van der Waals surface area contributed by atoms with E-state index >= 15 is 0 Å². The summed E-state index contributed by atoms with van der Waals surface area (Å²) in [5.41, 5.74) is 0. The standard InChI is InChI=1S/C9H19NO3.CH4.ClH/c1-8(2)7-13-9(11)12-6-4-5-10-3;;/h8,10H,4-7H2,1-3H3;1H4;1H/p-1. The van der Waals surface area contributed by atoms with Gasteiger partial charge in [-0.15, -0.1) is 0 Å². The molecule has 0 fully saturated rings. The lowest BCUT2D eigenvalue weighted by molar-refractivity contribution is -0.0000212. The Kier molecular flexibility index (Phi) is 18.0. The van der Waals surface area contributed by atoms with Crippen molar-refractivity contribution in [2.75, 3.05) is 26.8 Å². The van der Waals surface area contributed by atoms with E-state index in [0.717, 1.165) is 13.0 Å². The van der Waals surface area contributed by atoms with Gasteiger partial charge < -0.3 is 27.2 Å². The van der Waals surface area contributed by atoms with E-state index in [0.29, 0.717) is 19.1 Å². The van der Waals surface area contributed by atoms with Gasteiger partial charge >= 0.3 is 6.16 Å². The van der Waals surface area contributed by atoms with Crippen LogP contribution in [0.4, 0.5) is 4.79 Å². The number of carbonyl (C=O) groups excluding carboxylic acids is 1. The maximum absolute atomic E-state index is 10.8. The van der Waals surface area contributed by atoms with Gasteiger partial charge in [-0.05, 0) is 25.9 Å². The fourth-order valence-electron chi connectivity index (χ4n) is 0.681. The number of nitrogens with one attached hydrogen (secondary N) is 1. The second-order valence-electron chi connectivity index (χ2n) is 3.26. The number of carbonyl (C=O) groups is 1. The Morgan fingerprint density at radius 3 is 2.40 bits per heavy atom. The second kappa shape index (κ2) is 13.5. The van der Waals surface area contributed by atoms with Gasteiger partial charge in [0.1, 0.15) is 0 Å². The molecule has 0 bridgehead atoms. The van der Waals surface area contributed by atoms with Crippen molar-refractivity contribution in [3.8, 4) is 0 Å². The summed E-state index contributed by atoms with van der Waals surface area (Å²) in [6.45, 7) is 5.64. The van der Waals surface area contributed by atoms with Crippen LogP contribution in [0.1, 0.15) is 27.7 Å². The first-order chi connectivity index (χ1) is 6.16. The lowest BCUT2D eigenvalue weighted by atomic mass is 10.2. The van der Waals surface area contributed by atoms with E-state index in [9.17, 15) is 4.79 Å². The molecule has 4 nitrogen and oxygen atoms in total. The van der Waals surface area contributed by atoms with Crippen LogP contribution in [0.5, 0.6) is 0 Å². The summed E-state index contributed by atoms with van der Waals surface area (Å²) < 4.78 is 9.60. The molecule has 0 spiro atoms. The molecule has 0 radical (unpaired) electrons. The highest BCUT2D eigenvalue weighted by Crippen LogP contribution is 1.95. The molecule has 0 aliphatic carbocycles. The van der Waals surface area contributed by atoms with Gasteiger partial charge in [0.25, 0.3) is 0 Å². The smallest absolute Gasteiger partial charge is 0.508 e. The molecule has 0 atom stereocenters. The third-order valence-corrected chi connectivity index (χ3v) is 1.33. The molecule has 0 amide bonds. The quantitative estimate of drug-likeness (QED) is 0.480. The van der Waals surface area contributed by atoms with Crippen molar-refractivity contribution in [1.29, 1.82) is 0 Å². The van der Waals surface area contributed by atoms with Crippen LogP contribution in [0.25, 0.3) is 0 Å². The van der Waals surface area contributed by atoms with E-state index in [1.807, 2.05) is 20.9 Å². The summed E-state index contributed by atoms with van der Waals surface area (Å²) in [4.78, 5) is 10.8. The van der Waals surface area contributed by atoms with E-state index in [2.05, 4.69) is 5.32 Å². The molecule has 15 heavy (non-hydrogen) atoms. The predicted octanol–water partition coefficient (Wildman–Crippen LogP) is -0.955. The first-order valence-corrected chi connectivity index (χ1v) is 4.61. The summed E-state index contributed by atoms with van der Waals surface area (Å²) in [5.74, 6) is 0.352. The maximum Gasteiger partial charge on any atom is 0.508 e. The largest absolute Gasteiger partial charge is 1.00 e. The van der Waals surface area contributed by atoms with Crippen LogP contribution in [-0.4, -0.2) is 33.0 Å². The van der Waals surface area contributed by atoms with Crippen LogP contribution < -0.4 is 17.7 Å². The van der Waals surface area contributed by atoms with Gasteiger partial charge in [-0.2, -0.15) is 0 Å². The predicted molar refractivity (Wildman–Crippen MR) is 57.4 cm³/mol. The highest BCUT2D eigenvalue weighted by Gasteiger charge is 2.03. The molecule has 0 aromatic rings. The van der Waals surface area contributed by atoms with Gasteiger partial charge in [0.2, 0.25) is 0 Å². The molecule has 0 aromatic carbocycles. The lowest BCUT2D eigenvalue weighted by Gasteiger charge is -2.07. The van der Waals surface area contributed by atoms with Crippen molar-refractivity contribution >= 4 is 6.16 Å². The SMILES string of the molecule is C.CNCCCOC(=O)OCC(C)C.[Cl-]. The van der Waals surface area contributed by atoms with E-state index in [-0.39, 0.29) is 19.8 Å². The zero-order valence-corrected chi connectivity index (χ0v) is 9.76. The van der Waals surface area contributed by atoms with Crippen LogP contribution in [0.2, 0.25) is 0 Å². The highest BCUT2D eigenvalue weighted by atomic mass is 35.5. The normalized spacial score (nSPS) is 8.80. The Hall–Kier alpha value is -0.480. The van der Waals surface area contributed by atoms with Crippen molar-refractivity contribution in [2.45, 2.75) is 27.7 Å². The van der Waals surface area contributed by atoms with Crippen LogP contribution in [-0.2, 0) is 9.47 Å². The number of rotatable bonds is 6. The van der Waals surface area contributed by atoms with Crippen molar-refractivity contribution in [1.82, 2.24) is 5.32 Å². The van der Waals surface area contributed by atoms with E-state index in [1.54, 1.807) is 0 Å². The summed E-state index contributed by atoms with van der Waals surface area (Å²) in [6.07, 6.45) is 0.248. The fourth-order valence-corrected chi connectivity index (χ4v) is 0.681. The second-order valence-corrected chi connectivity index (χ2v) is 3.26. The minimum Gasteiger partial charge on any atom is -1.00 e. The topological polar surface area (TPSA) is 47.6 Å². The first kappa shape index (κ1) is 20.0. The van der Waals surface area contributed by atoms with Crippen LogP contribution in [0.3, 0.4) is 0 Å². The van der Waals surface area contributed by atoms with Crippen molar-refractivity contribution in [2.24, 2.45) is 5.92 Å². The number of hydrogen-bond acceptors (Lipinski definition) is 4. The Morgan fingerprint density at radius 1 is 1.33 bits per heavy atom. The van der Waals surface area contributed by atoms with Crippen LogP contribution >= 0.6 is 0 Å². The monoisotopic (exact) mass is 240 g/mol. The average molecular weight is 241 g/mol. The summed E-state index contributed by atoms with van der Waals surface area (Å²) >= 11 is 0. The summed E-state index contributed by atoms with van der Waals surface area (Å²) in [7, 11) is 1.86. The van der Waals surface area contributed by atoms with Crippen LogP contribution in [0.15, 0.2) is 0 Å². The number of hydrogen-bond donors (Lipinski definition) is 1. The molecular weight excluding hydrogens is 218 g/mol. The van der Waals surface area contributed by atoms with Gasteiger partial charge in [0.05, 0.1) is 13.2 Å². The molecule has 0 heterocycles. The molecule has 0 aliphatic heterocycles. The average Bonchev–Trinajstić information content (AvgIpc) is 2.09. The molecule has 0 saturated heterocycles. The zero-order valence-electron chi connectivity index (χ0n) is 9.01. The van der Waals surface area contributed by atoms with Crippen molar-refractivity contribution < 1.29 is 26.7 Å². The van der Waals surface area contributed by atoms with E-state index in [1.165, 1.54) is 0 Å². The van der Waals surface area contributed by atoms with E-state index in [4.69, 9.17) is 9.47 Å². The van der Waals surface area contributed by atoms with Gasteiger partial charge in [0.15, 0.2) is 0 Å². The third-order valence-electron chi connectivity index (χ3n) is 1.33. The first-order valence-electron chi connectivity index (χ1n) is 4.61. The van der Waals surface area contributed by atoms with Gasteiger partial charge in [-0.3, -0.25) is 0 Å². The molecule has 1 N–H and O–H groups in total. The Bertz CT molecular complexity index is 143. The Morgan fingerprint density at radius 2 is 1.93 bits per heavy atom. The number of halogens is 1. The summed E-state index contributed by atoms with van der Waals surface area (Å²) in [6, 6.07) is 0. The summed E-state index contributed by atoms with van der Waals surface area (Å²) in [5, 5.41) is 2.96. The molecule has 94 valence electrons. The van der Waals surface area contributed by atoms with Gasteiger partial charge in [-0.1, -0.05) is 21.3 Å². The molecule has 0 unspecified atom stereocenters. The minimum atomic E-state index is -0.565. The third kappa shape index (κ3) is 16.2. The van der Waals surface area contributed by atoms with E-state index < -0.39 is 6.16 Å². The minimum absolute atomic E-state index is 0.